The molecule has 1 aromatic heterocycles. The van der Waals surface area contributed by atoms with Gasteiger partial charge < -0.3 is 5.32 Å². The number of anilines is 1. The smallest absolute Gasteiger partial charge is 0.278 e. The first-order valence-electron chi connectivity index (χ1n) is 6.80. The third kappa shape index (κ3) is 3.43. The van der Waals surface area contributed by atoms with Crippen LogP contribution in [0.1, 0.15) is 16.2 Å². The molecule has 3 aromatic rings. The maximum atomic E-state index is 12.4. The predicted molar refractivity (Wildman–Crippen MR) is 93.2 cm³/mol. The third-order valence-corrected chi connectivity index (χ3v) is 3.97. The van der Waals surface area contributed by atoms with Crippen molar-refractivity contribution in [1.29, 1.82) is 0 Å². The molecule has 23 heavy (non-hydrogen) atoms. The summed E-state index contributed by atoms with van der Waals surface area (Å²) in [5.74, 6) is -0.353. The fourth-order valence-electron chi connectivity index (χ4n) is 2.04. The largest absolute Gasteiger partial charge is 0.319 e. The lowest BCUT2D eigenvalue weighted by molar-refractivity contribution is 0.102. The van der Waals surface area contributed by atoms with Crippen LogP contribution in [0.25, 0.3) is 5.69 Å². The third-order valence-electron chi connectivity index (χ3n) is 3.16. The van der Waals surface area contributed by atoms with Gasteiger partial charge in [0.2, 0.25) is 0 Å². The van der Waals surface area contributed by atoms with Crippen molar-refractivity contribution in [3.8, 4) is 5.69 Å². The number of nitrogens with one attached hydrogen (secondary N) is 1. The quantitative estimate of drug-likeness (QED) is 0.726. The summed E-state index contributed by atoms with van der Waals surface area (Å²) in [6.45, 7) is 1.74. The molecule has 116 valence electrons. The van der Waals surface area contributed by atoms with E-state index in [0.29, 0.717) is 16.4 Å². The summed E-state index contributed by atoms with van der Waals surface area (Å²) in [6, 6.07) is 14.6. The van der Waals surface area contributed by atoms with Gasteiger partial charge in [-0.3, -0.25) is 4.79 Å². The molecule has 0 spiro atoms. The average Bonchev–Trinajstić information content (AvgIpc) is 2.93. The van der Waals surface area contributed by atoms with Gasteiger partial charge in [-0.25, -0.2) is 0 Å². The molecule has 0 aliphatic heterocycles. The zero-order valence-corrected chi connectivity index (χ0v) is 14.5. The number of aryl methyl sites for hydroxylation is 1. The highest BCUT2D eigenvalue weighted by Crippen LogP contribution is 2.26. The Morgan fingerprint density at radius 1 is 1.17 bits per heavy atom. The molecule has 5 nitrogen and oxygen atoms in total. The number of carbonyl (C=O) groups excluding carboxylic acids is 1. The van der Waals surface area contributed by atoms with E-state index in [9.17, 15) is 4.79 Å². The lowest BCUT2D eigenvalue weighted by Gasteiger charge is -2.06. The topological polar surface area (TPSA) is 59.8 Å². The van der Waals surface area contributed by atoms with E-state index < -0.39 is 0 Å². The number of rotatable bonds is 3. The van der Waals surface area contributed by atoms with Crippen molar-refractivity contribution in [2.45, 2.75) is 6.92 Å². The minimum absolute atomic E-state index is 0.257. The second-order valence-corrected chi connectivity index (χ2v) is 6.16. The normalized spacial score (nSPS) is 10.6. The highest BCUT2D eigenvalue weighted by atomic mass is 79.9. The van der Waals surface area contributed by atoms with Crippen LogP contribution in [-0.2, 0) is 0 Å². The molecular formula is C16H12BrClN4O. The molecule has 3 rings (SSSR count). The summed E-state index contributed by atoms with van der Waals surface area (Å²) in [5, 5.41) is 11.7. The van der Waals surface area contributed by atoms with Crippen LogP contribution < -0.4 is 5.32 Å². The van der Waals surface area contributed by atoms with Crippen molar-refractivity contribution in [2.75, 3.05) is 5.32 Å². The Bertz CT molecular complexity index is 864. The molecule has 0 aliphatic rings. The average molecular weight is 392 g/mol. The molecular weight excluding hydrogens is 380 g/mol. The highest BCUT2D eigenvalue weighted by molar-refractivity contribution is 9.10. The molecule has 0 aliphatic carbocycles. The second-order valence-electron chi connectivity index (χ2n) is 4.84. The van der Waals surface area contributed by atoms with Crippen molar-refractivity contribution in [1.82, 2.24) is 15.0 Å². The number of aromatic nitrogens is 3. The molecule has 0 fully saturated rings. The van der Waals surface area contributed by atoms with Crippen LogP contribution in [0.5, 0.6) is 0 Å². The first kappa shape index (κ1) is 15.7. The second kappa shape index (κ2) is 6.52. The maximum Gasteiger partial charge on any atom is 0.278 e. The molecule has 0 bridgehead atoms. The molecule has 0 atom stereocenters. The molecule has 1 N–H and O–H groups in total. The van der Waals surface area contributed by atoms with Gasteiger partial charge in [-0.2, -0.15) is 9.90 Å². The molecule has 1 amide bonds. The van der Waals surface area contributed by atoms with Crippen molar-refractivity contribution in [2.24, 2.45) is 0 Å². The van der Waals surface area contributed by atoms with Gasteiger partial charge in [-0.05, 0) is 37.3 Å². The van der Waals surface area contributed by atoms with Crippen LogP contribution in [0, 0.1) is 6.92 Å². The molecule has 0 saturated carbocycles. The Morgan fingerprint density at radius 3 is 2.61 bits per heavy atom. The predicted octanol–water partition coefficient (Wildman–Crippen LogP) is 4.24. The maximum absolute atomic E-state index is 12.4. The first-order valence-corrected chi connectivity index (χ1v) is 7.97. The van der Waals surface area contributed by atoms with Crippen molar-refractivity contribution < 1.29 is 4.79 Å². The van der Waals surface area contributed by atoms with E-state index in [0.717, 1.165) is 10.2 Å². The van der Waals surface area contributed by atoms with Crippen LogP contribution in [0.4, 0.5) is 5.69 Å². The zero-order valence-electron chi connectivity index (χ0n) is 12.1. The van der Waals surface area contributed by atoms with Gasteiger partial charge in [0.1, 0.15) is 0 Å². The van der Waals surface area contributed by atoms with Crippen molar-refractivity contribution >= 4 is 39.1 Å². The Labute approximate surface area is 146 Å². The van der Waals surface area contributed by atoms with Gasteiger partial charge in [0, 0.05) is 4.47 Å². The molecule has 7 heteroatoms. The SMILES string of the molecule is Cc1nn(-c2ccccc2)nc1C(=O)Nc1ccc(Br)cc1Cl. The fourth-order valence-corrected chi connectivity index (χ4v) is 2.76. The van der Waals surface area contributed by atoms with Crippen LogP contribution >= 0.6 is 27.5 Å². The number of carbonyl (C=O) groups is 1. The standard InChI is InChI=1S/C16H12BrClN4O/c1-10-15(21-22(20-10)12-5-3-2-4-6-12)16(23)19-14-8-7-11(17)9-13(14)18/h2-9H,1H3,(H,19,23). The Hall–Kier alpha value is -2.18. The van der Waals surface area contributed by atoms with Crippen molar-refractivity contribution in [3.05, 3.63) is 69.4 Å². The first-order chi connectivity index (χ1) is 11.0. The zero-order chi connectivity index (χ0) is 16.4. The van der Waals surface area contributed by atoms with E-state index in [1.54, 1.807) is 25.1 Å². The van der Waals surface area contributed by atoms with Crippen molar-refractivity contribution in [3.63, 3.8) is 0 Å². The van der Waals surface area contributed by atoms with Gasteiger partial charge >= 0.3 is 0 Å². The van der Waals surface area contributed by atoms with Crippen LogP contribution in [0.2, 0.25) is 5.02 Å². The van der Waals surface area contributed by atoms with E-state index in [1.165, 1.54) is 4.80 Å². The van der Waals surface area contributed by atoms with Crippen LogP contribution in [0.3, 0.4) is 0 Å². The van der Waals surface area contributed by atoms with E-state index in [-0.39, 0.29) is 11.6 Å². The monoisotopic (exact) mass is 390 g/mol. The summed E-state index contributed by atoms with van der Waals surface area (Å²) in [5.41, 5.74) is 2.11. The van der Waals surface area contributed by atoms with E-state index in [1.807, 2.05) is 30.3 Å². The van der Waals surface area contributed by atoms with Gasteiger partial charge in [-0.1, -0.05) is 45.7 Å². The summed E-state index contributed by atoms with van der Waals surface area (Å²) in [6.07, 6.45) is 0. The number of para-hydroxylation sites is 1. The Morgan fingerprint density at radius 2 is 1.91 bits per heavy atom. The summed E-state index contributed by atoms with van der Waals surface area (Å²) < 4.78 is 0.840. The minimum Gasteiger partial charge on any atom is -0.319 e. The summed E-state index contributed by atoms with van der Waals surface area (Å²) in [4.78, 5) is 13.9. The van der Waals surface area contributed by atoms with Gasteiger partial charge in [0.25, 0.3) is 5.91 Å². The Balaban J connectivity index is 1.87. The van der Waals surface area contributed by atoms with Crippen LogP contribution in [-0.4, -0.2) is 20.9 Å². The van der Waals surface area contributed by atoms with Gasteiger partial charge in [0.05, 0.1) is 22.1 Å². The summed E-state index contributed by atoms with van der Waals surface area (Å²) >= 11 is 9.44. The van der Waals surface area contributed by atoms with Gasteiger partial charge in [-0.15, -0.1) is 5.10 Å². The minimum atomic E-state index is -0.353. The molecule has 0 saturated heterocycles. The molecule has 0 radical (unpaired) electrons. The number of amides is 1. The lowest BCUT2D eigenvalue weighted by Crippen LogP contribution is -2.14. The number of hydrogen-bond donors (Lipinski definition) is 1. The molecule has 1 heterocycles. The van der Waals surface area contributed by atoms with Crippen LogP contribution in [0.15, 0.2) is 53.0 Å². The Kier molecular flexibility index (Phi) is 4.45. The van der Waals surface area contributed by atoms with E-state index in [4.69, 9.17) is 11.6 Å². The summed E-state index contributed by atoms with van der Waals surface area (Å²) in [7, 11) is 0. The molecule has 0 unspecified atom stereocenters. The highest BCUT2D eigenvalue weighted by Gasteiger charge is 2.17. The van der Waals surface area contributed by atoms with E-state index >= 15 is 0 Å². The number of nitrogens with zero attached hydrogens (tertiary/aromatic N) is 3. The molecule has 2 aromatic carbocycles. The van der Waals surface area contributed by atoms with E-state index in [2.05, 4.69) is 31.4 Å². The number of hydrogen-bond acceptors (Lipinski definition) is 3. The number of benzene rings is 2. The fraction of sp³-hybridized carbons (Fsp3) is 0.0625. The van der Waals surface area contributed by atoms with Gasteiger partial charge in [0.15, 0.2) is 5.69 Å². The number of halogens is 2. The lowest BCUT2D eigenvalue weighted by atomic mass is 10.3.